The number of benzene rings is 1. The van der Waals surface area contributed by atoms with Crippen molar-refractivity contribution in [1.29, 1.82) is 0 Å². The molecule has 0 saturated heterocycles. The third kappa shape index (κ3) is 3.80. The second-order valence-corrected chi connectivity index (χ2v) is 5.14. The molecule has 4 nitrogen and oxygen atoms in total. The number of hydrogen-bond acceptors (Lipinski definition) is 4. The molecule has 0 unspecified atom stereocenters. The van der Waals surface area contributed by atoms with Crippen LogP contribution in [0.3, 0.4) is 0 Å². The number of rotatable bonds is 6. The van der Waals surface area contributed by atoms with Crippen LogP contribution in [0, 0.1) is 0 Å². The molecule has 1 aromatic carbocycles. The molecular formula is C19H17N3O. The van der Waals surface area contributed by atoms with E-state index in [1.54, 1.807) is 18.5 Å². The number of aldehydes is 1. The van der Waals surface area contributed by atoms with Gasteiger partial charge < -0.3 is 5.32 Å². The molecule has 0 saturated carbocycles. The highest BCUT2D eigenvalue weighted by atomic mass is 16.1. The molecule has 2 aromatic heterocycles. The fraction of sp³-hybridized carbons (Fsp3) is 0.105. The van der Waals surface area contributed by atoms with Gasteiger partial charge in [-0.25, -0.2) is 4.98 Å². The van der Waals surface area contributed by atoms with Crippen LogP contribution in [-0.4, -0.2) is 22.8 Å². The summed E-state index contributed by atoms with van der Waals surface area (Å²) in [6.45, 7) is 0.772. The molecule has 0 atom stereocenters. The summed E-state index contributed by atoms with van der Waals surface area (Å²) in [6.07, 6.45) is 5.30. The van der Waals surface area contributed by atoms with Crippen molar-refractivity contribution in [2.45, 2.75) is 6.42 Å². The molecule has 3 rings (SSSR count). The molecule has 2 heterocycles. The molecule has 0 fully saturated rings. The summed E-state index contributed by atoms with van der Waals surface area (Å²) >= 11 is 0. The van der Waals surface area contributed by atoms with E-state index < -0.39 is 0 Å². The van der Waals surface area contributed by atoms with Crippen LogP contribution in [0.25, 0.3) is 11.1 Å². The lowest BCUT2D eigenvalue weighted by Crippen LogP contribution is -2.07. The summed E-state index contributed by atoms with van der Waals surface area (Å²) in [5.74, 6) is 0.813. The zero-order valence-corrected chi connectivity index (χ0v) is 12.6. The second kappa shape index (κ2) is 7.31. The molecule has 4 heteroatoms. The molecule has 0 aliphatic carbocycles. The number of aromatic nitrogens is 2. The van der Waals surface area contributed by atoms with Crippen LogP contribution in [0.2, 0.25) is 0 Å². The van der Waals surface area contributed by atoms with Gasteiger partial charge in [0.15, 0.2) is 6.29 Å². The van der Waals surface area contributed by atoms with E-state index in [0.29, 0.717) is 5.56 Å². The van der Waals surface area contributed by atoms with Crippen molar-refractivity contribution in [3.05, 3.63) is 78.2 Å². The predicted octanol–water partition coefficient (Wildman–Crippen LogP) is 3.61. The molecule has 0 bridgehead atoms. The topological polar surface area (TPSA) is 54.9 Å². The van der Waals surface area contributed by atoms with Crippen molar-refractivity contribution in [1.82, 2.24) is 9.97 Å². The van der Waals surface area contributed by atoms with Gasteiger partial charge in [-0.05, 0) is 29.8 Å². The molecule has 114 valence electrons. The molecular weight excluding hydrogens is 286 g/mol. The van der Waals surface area contributed by atoms with Crippen LogP contribution in [0.15, 0.2) is 67.0 Å². The third-order valence-corrected chi connectivity index (χ3v) is 3.58. The third-order valence-electron chi connectivity index (χ3n) is 3.58. The summed E-state index contributed by atoms with van der Waals surface area (Å²) in [7, 11) is 0. The largest absolute Gasteiger partial charge is 0.370 e. The van der Waals surface area contributed by atoms with Gasteiger partial charge in [0.25, 0.3) is 0 Å². The van der Waals surface area contributed by atoms with Crippen LogP contribution >= 0.6 is 0 Å². The standard InChI is InChI=1S/C19H17N3O/c23-14-16-5-1-2-7-18(16)15-8-9-19(22-13-15)21-12-10-17-6-3-4-11-20-17/h1-9,11,13-14H,10,12H2,(H,21,22). The molecule has 0 radical (unpaired) electrons. The summed E-state index contributed by atoms with van der Waals surface area (Å²) in [5.41, 5.74) is 3.56. The van der Waals surface area contributed by atoms with Gasteiger partial charge in [-0.2, -0.15) is 0 Å². The molecule has 23 heavy (non-hydrogen) atoms. The highest BCUT2D eigenvalue weighted by Crippen LogP contribution is 2.22. The summed E-state index contributed by atoms with van der Waals surface area (Å²) in [6, 6.07) is 17.3. The minimum atomic E-state index is 0.671. The van der Waals surface area contributed by atoms with Gasteiger partial charge in [0.05, 0.1) is 0 Å². The first-order chi connectivity index (χ1) is 11.4. The van der Waals surface area contributed by atoms with Crippen molar-refractivity contribution < 1.29 is 4.79 Å². The quantitative estimate of drug-likeness (QED) is 0.707. The van der Waals surface area contributed by atoms with Crippen molar-refractivity contribution in [3.8, 4) is 11.1 Å². The maximum atomic E-state index is 11.1. The number of anilines is 1. The molecule has 0 amide bonds. The maximum Gasteiger partial charge on any atom is 0.150 e. The zero-order chi connectivity index (χ0) is 15.9. The lowest BCUT2D eigenvalue weighted by molar-refractivity contribution is 0.112. The van der Waals surface area contributed by atoms with E-state index in [9.17, 15) is 4.79 Å². The number of nitrogens with one attached hydrogen (secondary N) is 1. The van der Waals surface area contributed by atoms with Crippen molar-refractivity contribution in [2.24, 2.45) is 0 Å². The average molecular weight is 303 g/mol. The van der Waals surface area contributed by atoms with E-state index in [2.05, 4.69) is 15.3 Å². The van der Waals surface area contributed by atoms with Crippen LogP contribution < -0.4 is 5.32 Å². The van der Waals surface area contributed by atoms with Crippen molar-refractivity contribution >= 4 is 12.1 Å². The van der Waals surface area contributed by atoms with E-state index >= 15 is 0 Å². The second-order valence-electron chi connectivity index (χ2n) is 5.14. The zero-order valence-electron chi connectivity index (χ0n) is 12.6. The first kappa shape index (κ1) is 14.9. The van der Waals surface area contributed by atoms with Gasteiger partial charge in [-0.1, -0.05) is 30.3 Å². The molecule has 0 aliphatic rings. The molecule has 1 N–H and O–H groups in total. The van der Waals surface area contributed by atoms with Crippen LogP contribution in [0.5, 0.6) is 0 Å². The van der Waals surface area contributed by atoms with Gasteiger partial charge in [-0.3, -0.25) is 9.78 Å². The number of nitrogens with zero attached hydrogens (tertiary/aromatic N) is 2. The van der Waals surface area contributed by atoms with Crippen molar-refractivity contribution in [2.75, 3.05) is 11.9 Å². The number of pyridine rings is 2. The summed E-state index contributed by atoms with van der Waals surface area (Å²) in [4.78, 5) is 19.8. The SMILES string of the molecule is O=Cc1ccccc1-c1ccc(NCCc2ccccn2)nc1. The predicted molar refractivity (Wildman–Crippen MR) is 91.5 cm³/mol. The molecule has 0 spiro atoms. The van der Waals surface area contributed by atoms with E-state index in [1.165, 1.54) is 0 Å². The average Bonchev–Trinajstić information content (AvgIpc) is 2.63. The highest BCUT2D eigenvalue weighted by Gasteiger charge is 2.04. The monoisotopic (exact) mass is 303 g/mol. The number of hydrogen-bond donors (Lipinski definition) is 1. The summed E-state index contributed by atoms with van der Waals surface area (Å²) in [5, 5.41) is 3.28. The smallest absolute Gasteiger partial charge is 0.150 e. The maximum absolute atomic E-state index is 11.1. The Morgan fingerprint density at radius 3 is 2.57 bits per heavy atom. The molecule has 0 aliphatic heterocycles. The Bertz CT molecular complexity index is 770. The number of carbonyl (C=O) groups excluding carboxylic acids is 1. The Morgan fingerprint density at radius 2 is 1.83 bits per heavy atom. The lowest BCUT2D eigenvalue weighted by atomic mass is 10.0. The lowest BCUT2D eigenvalue weighted by Gasteiger charge is -2.08. The van der Waals surface area contributed by atoms with E-state index in [4.69, 9.17) is 0 Å². The van der Waals surface area contributed by atoms with Gasteiger partial charge >= 0.3 is 0 Å². The van der Waals surface area contributed by atoms with Crippen LogP contribution in [-0.2, 0) is 6.42 Å². The normalized spacial score (nSPS) is 10.3. The molecule has 3 aromatic rings. The van der Waals surface area contributed by atoms with Gasteiger partial charge in [0.1, 0.15) is 5.82 Å². The Morgan fingerprint density at radius 1 is 0.957 bits per heavy atom. The van der Waals surface area contributed by atoms with Crippen molar-refractivity contribution in [3.63, 3.8) is 0 Å². The summed E-state index contributed by atoms with van der Waals surface area (Å²) < 4.78 is 0. The Hall–Kier alpha value is -3.01. The fourth-order valence-corrected chi connectivity index (χ4v) is 2.39. The van der Waals surface area contributed by atoms with E-state index in [1.807, 2.05) is 48.5 Å². The highest BCUT2D eigenvalue weighted by molar-refractivity contribution is 5.87. The van der Waals surface area contributed by atoms with E-state index in [0.717, 1.165) is 41.9 Å². The van der Waals surface area contributed by atoms with Gasteiger partial charge in [0, 0.05) is 42.2 Å². The number of carbonyl (C=O) groups is 1. The fourth-order valence-electron chi connectivity index (χ4n) is 2.39. The first-order valence-corrected chi connectivity index (χ1v) is 7.51. The van der Waals surface area contributed by atoms with E-state index in [-0.39, 0.29) is 0 Å². The Kier molecular flexibility index (Phi) is 4.74. The van der Waals surface area contributed by atoms with Crippen LogP contribution in [0.1, 0.15) is 16.1 Å². The minimum Gasteiger partial charge on any atom is -0.370 e. The minimum absolute atomic E-state index is 0.671. The Balaban J connectivity index is 1.64. The van der Waals surface area contributed by atoms with Crippen LogP contribution in [0.4, 0.5) is 5.82 Å². The van der Waals surface area contributed by atoms with Gasteiger partial charge in [0.2, 0.25) is 0 Å². The first-order valence-electron chi connectivity index (χ1n) is 7.51. The van der Waals surface area contributed by atoms with Gasteiger partial charge in [-0.15, -0.1) is 0 Å². The Labute approximate surface area is 135 Å².